The predicted octanol–water partition coefficient (Wildman–Crippen LogP) is 1.61. The first kappa shape index (κ1) is 12.2. The van der Waals surface area contributed by atoms with Gasteiger partial charge in [-0.3, -0.25) is 0 Å². The van der Waals surface area contributed by atoms with E-state index in [0.717, 1.165) is 6.54 Å². The summed E-state index contributed by atoms with van der Waals surface area (Å²) in [6, 6.07) is 3.82. The summed E-state index contributed by atoms with van der Waals surface area (Å²) >= 11 is 0. The molecule has 1 atom stereocenters. The predicted molar refractivity (Wildman–Crippen MR) is 56.9 cm³/mol. The number of hydrogen-bond donors (Lipinski definition) is 2. The molecule has 0 amide bonds. The highest BCUT2D eigenvalue weighted by Gasteiger charge is 2.18. The molecular weight excluding hydrogens is 221 g/mol. The van der Waals surface area contributed by atoms with Crippen LogP contribution >= 0.6 is 12.4 Å². The summed E-state index contributed by atoms with van der Waals surface area (Å²) in [5.41, 5.74) is 0.560. The lowest BCUT2D eigenvalue weighted by Crippen LogP contribution is -2.34. The molecule has 0 radical (unpaired) electrons. The van der Waals surface area contributed by atoms with E-state index >= 15 is 0 Å². The molecule has 0 aliphatic carbocycles. The first-order valence-corrected chi connectivity index (χ1v) is 4.57. The lowest BCUT2D eigenvalue weighted by atomic mass is 10.1. The molecule has 5 heteroatoms. The lowest BCUT2D eigenvalue weighted by molar-refractivity contribution is 0.0760. The van der Waals surface area contributed by atoms with Gasteiger partial charge in [0.15, 0.2) is 0 Å². The third-order valence-electron chi connectivity index (χ3n) is 2.29. The van der Waals surface area contributed by atoms with Gasteiger partial charge in [0.1, 0.15) is 11.6 Å². The van der Waals surface area contributed by atoms with E-state index in [1.807, 2.05) is 0 Å². The van der Waals surface area contributed by atoms with Crippen LogP contribution in [0.25, 0.3) is 0 Å². The summed E-state index contributed by atoms with van der Waals surface area (Å²) in [4.78, 5) is 0. The van der Waals surface area contributed by atoms with Crippen LogP contribution in [0.1, 0.15) is 11.6 Å². The van der Waals surface area contributed by atoms with Crippen LogP contribution in [0.15, 0.2) is 18.2 Å². The van der Waals surface area contributed by atoms with Crippen LogP contribution in [-0.2, 0) is 4.74 Å². The number of morpholine rings is 1. The van der Waals surface area contributed by atoms with E-state index < -0.39 is 0 Å². The molecule has 0 saturated carbocycles. The van der Waals surface area contributed by atoms with Crippen LogP contribution in [0.3, 0.4) is 0 Å². The molecule has 0 aromatic heterocycles. The zero-order chi connectivity index (χ0) is 9.97. The molecule has 0 unspecified atom stereocenters. The third-order valence-corrected chi connectivity index (χ3v) is 2.29. The second-order valence-corrected chi connectivity index (χ2v) is 3.28. The van der Waals surface area contributed by atoms with E-state index in [1.54, 1.807) is 0 Å². The van der Waals surface area contributed by atoms with Crippen molar-refractivity contribution in [3.05, 3.63) is 29.6 Å². The van der Waals surface area contributed by atoms with Crippen molar-refractivity contribution in [1.29, 1.82) is 0 Å². The Morgan fingerprint density at radius 2 is 2.27 bits per heavy atom. The van der Waals surface area contributed by atoms with Gasteiger partial charge in [-0.15, -0.1) is 12.4 Å². The molecule has 1 fully saturated rings. The monoisotopic (exact) mass is 233 g/mol. The summed E-state index contributed by atoms with van der Waals surface area (Å²) in [6.07, 6.45) is 0. The maximum Gasteiger partial charge on any atom is 0.123 e. The zero-order valence-electron chi connectivity index (χ0n) is 8.07. The van der Waals surface area contributed by atoms with Crippen molar-refractivity contribution in [3.8, 4) is 5.75 Å². The smallest absolute Gasteiger partial charge is 0.123 e. The minimum Gasteiger partial charge on any atom is -0.508 e. The number of rotatable bonds is 1. The molecule has 0 spiro atoms. The van der Waals surface area contributed by atoms with Crippen molar-refractivity contribution < 1.29 is 14.2 Å². The maximum atomic E-state index is 12.9. The number of halogens is 2. The first-order valence-electron chi connectivity index (χ1n) is 4.57. The van der Waals surface area contributed by atoms with E-state index in [-0.39, 0.29) is 30.0 Å². The van der Waals surface area contributed by atoms with Crippen molar-refractivity contribution in [3.63, 3.8) is 0 Å². The number of ether oxygens (including phenoxy) is 1. The number of hydrogen-bond acceptors (Lipinski definition) is 3. The number of aromatic hydroxyl groups is 1. The standard InChI is InChI=1S/C10H12FNO2.ClH/c11-7-1-2-10(13)8(5-7)9-6-14-4-3-12-9;/h1-2,5,9,12-13H,3-4,6H2;1H/t9-;/m0./s1. The molecule has 2 rings (SSSR count). The summed E-state index contributed by atoms with van der Waals surface area (Å²) < 4.78 is 18.2. The molecule has 84 valence electrons. The Morgan fingerprint density at radius 3 is 2.93 bits per heavy atom. The summed E-state index contributed by atoms with van der Waals surface area (Å²) in [6.45, 7) is 1.85. The van der Waals surface area contributed by atoms with Crippen molar-refractivity contribution in [2.24, 2.45) is 0 Å². The Kier molecular flexibility index (Phi) is 4.32. The fourth-order valence-electron chi connectivity index (χ4n) is 1.57. The van der Waals surface area contributed by atoms with Gasteiger partial charge in [-0.05, 0) is 18.2 Å². The molecule has 2 N–H and O–H groups in total. The average Bonchev–Trinajstić information content (AvgIpc) is 2.23. The quantitative estimate of drug-likeness (QED) is 0.775. The normalized spacial score (nSPS) is 20.7. The number of phenolic OH excluding ortho intramolecular Hbond substituents is 1. The van der Waals surface area contributed by atoms with Gasteiger partial charge in [-0.25, -0.2) is 4.39 Å². The zero-order valence-corrected chi connectivity index (χ0v) is 8.89. The number of benzene rings is 1. The van der Waals surface area contributed by atoms with Crippen LogP contribution in [-0.4, -0.2) is 24.9 Å². The minimum absolute atomic E-state index is 0. The van der Waals surface area contributed by atoms with Crippen molar-refractivity contribution in [2.45, 2.75) is 6.04 Å². The molecule has 0 bridgehead atoms. The highest BCUT2D eigenvalue weighted by Crippen LogP contribution is 2.26. The fourth-order valence-corrected chi connectivity index (χ4v) is 1.57. The van der Waals surface area contributed by atoms with Crippen molar-refractivity contribution in [2.75, 3.05) is 19.8 Å². The average molecular weight is 234 g/mol. The lowest BCUT2D eigenvalue weighted by Gasteiger charge is -2.24. The Hall–Kier alpha value is -0.840. The second-order valence-electron chi connectivity index (χ2n) is 3.28. The van der Waals surface area contributed by atoms with E-state index in [9.17, 15) is 9.50 Å². The van der Waals surface area contributed by atoms with Crippen molar-refractivity contribution >= 4 is 12.4 Å². The highest BCUT2D eigenvalue weighted by molar-refractivity contribution is 5.85. The molecule has 1 aliphatic rings. The highest BCUT2D eigenvalue weighted by atomic mass is 35.5. The third kappa shape index (κ3) is 2.81. The largest absolute Gasteiger partial charge is 0.508 e. The van der Waals surface area contributed by atoms with Gasteiger partial charge in [0, 0.05) is 12.1 Å². The number of phenols is 1. The SMILES string of the molecule is Cl.Oc1ccc(F)cc1[C@@H]1COCCN1. The van der Waals surface area contributed by atoms with Crippen LogP contribution in [0, 0.1) is 5.82 Å². The Balaban J connectivity index is 0.00000112. The first-order chi connectivity index (χ1) is 6.77. The molecule has 1 heterocycles. The fraction of sp³-hybridized carbons (Fsp3) is 0.400. The molecule has 1 aromatic rings. The van der Waals surface area contributed by atoms with Crippen LogP contribution in [0.2, 0.25) is 0 Å². The van der Waals surface area contributed by atoms with Gasteiger partial charge in [0.2, 0.25) is 0 Å². The summed E-state index contributed by atoms with van der Waals surface area (Å²) in [7, 11) is 0. The van der Waals surface area contributed by atoms with Gasteiger partial charge in [0.05, 0.1) is 19.3 Å². The molecule has 3 nitrogen and oxygen atoms in total. The second kappa shape index (κ2) is 5.30. The van der Waals surface area contributed by atoms with Gasteiger partial charge in [-0.1, -0.05) is 0 Å². The Labute approximate surface area is 93.7 Å². The van der Waals surface area contributed by atoms with Crippen LogP contribution in [0.5, 0.6) is 5.75 Å². The van der Waals surface area contributed by atoms with Gasteiger partial charge in [-0.2, -0.15) is 0 Å². The molecule has 1 saturated heterocycles. The molecule has 1 aliphatic heterocycles. The van der Waals surface area contributed by atoms with Crippen LogP contribution < -0.4 is 5.32 Å². The van der Waals surface area contributed by atoms with Crippen molar-refractivity contribution in [1.82, 2.24) is 5.32 Å². The maximum absolute atomic E-state index is 12.9. The summed E-state index contributed by atoms with van der Waals surface area (Å²) in [5.74, 6) is -0.237. The summed E-state index contributed by atoms with van der Waals surface area (Å²) in [5, 5.41) is 12.7. The van der Waals surface area contributed by atoms with Gasteiger partial charge >= 0.3 is 0 Å². The molecular formula is C10H13ClFNO2. The van der Waals surface area contributed by atoms with E-state index in [4.69, 9.17) is 4.74 Å². The van der Waals surface area contributed by atoms with Gasteiger partial charge in [0.25, 0.3) is 0 Å². The molecule has 1 aromatic carbocycles. The van der Waals surface area contributed by atoms with E-state index in [1.165, 1.54) is 18.2 Å². The van der Waals surface area contributed by atoms with E-state index in [0.29, 0.717) is 18.8 Å². The molecule has 15 heavy (non-hydrogen) atoms. The Morgan fingerprint density at radius 1 is 1.47 bits per heavy atom. The number of nitrogens with one attached hydrogen (secondary N) is 1. The minimum atomic E-state index is -0.342. The van der Waals surface area contributed by atoms with E-state index in [2.05, 4.69) is 5.32 Å². The van der Waals surface area contributed by atoms with Gasteiger partial charge < -0.3 is 15.2 Å². The van der Waals surface area contributed by atoms with Crippen LogP contribution in [0.4, 0.5) is 4.39 Å². The Bertz CT molecular complexity index is 329. The topological polar surface area (TPSA) is 41.5 Å².